The normalized spacial score (nSPS) is 25.1. The van der Waals surface area contributed by atoms with Crippen LogP contribution in [0.2, 0.25) is 0 Å². The Balaban J connectivity index is 1.14. The predicted molar refractivity (Wildman–Crippen MR) is 176 cm³/mol. The zero-order valence-corrected chi connectivity index (χ0v) is 28.6. The smallest absolute Gasteiger partial charge is 0.411 e. The molecule has 4 aliphatic rings. The van der Waals surface area contributed by atoms with E-state index >= 15 is 4.39 Å². The number of ketones is 1. The number of nitriles is 1. The molecular formula is C37H45FN4O6. The van der Waals surface area contributed by atoms with Crippen LogP contribution in [0.5, 0.6) is 0 Å². The quantitative estimate of drug-likeness (QED) is 0.348. The molecule has 2 amide bonds. The number of anilines is 1. The lowest BCUT2D eigenvalue weighted by atomic mass is 9.87. The van der Waals surface area contributed by atoms with Crippen LogP contribution in [0, 0.1) is 29.0 Å². The minimum atomic E-state index is -0.745. The van der Waals surface area contributed by atoms with Gasteiger partial charge in [-0.1, -0.05) is 18.2 Å². The minimum absolute atomic E-state index is 0.0293. The fourth-order valence-electron chi connectivity index (χ4n) is 7.63. The lowest BCUT2D eigenvalue weighted by Crippen LogP contribution is -2.51. The Morgan fingerprint density at radius 2 is 1.73 bits per heavy atom. The second-order valence-electron chi connectivity index (χ2n) is 15.7. The molecule has 5 atom stereocenters. The van der Waals surface area contributed by atoms with Crippen molar-refractivity contribution in [2.24, 2.45) is 11.8 Å². The summed E-state index contributed by atoms with van der Waals surface area (Å²) >= 11 is 0. The Morgan fingerprint density at radius 1 is 1.04 bits per heavy atom. The number of likely N-dealkylation sites (tertiary alicyclic amines) is 2. The van der Waals surface area contributed by atoms with E-state index in [2.05, 4.69) is 11.5 Å². The van der Waals surface area contributed by atoms with Gasteiger partial charge in [-0.05, 0) is 108 Å². The molecule has 1 N–H and O–H groups in total. The molecule has 256 valence electrons. The number of hydrogen-bond acceptors (Lipinski definition) is 8. The lowest BCUT2D eigenvalue weighted by Gasteiger charge is -2.35. The van der Waals surface area contributed by atoms with Gasteiger partial charge in [0.25, 0.3) is 0 Å². The van der Waals surface area contributed by atoms with Crippen LogP contribution < -0.4 is 5.48 Å². The first-order chi connectivity index (χ1) is 22.6. The maximum atomic E-state index is 15.6. The summed E-state index contributed by atoms with van der Waals surface area (Å²) in [5, 5.41) is 9.98. The topological polar surface area (TPSA) is 121 Å². The van der Waals surface area contributed by atoms with E-state index in [4.69, 9.17) is 14.3 Å². The summed E-state index contributed by atoms with van der Waals surface area (Å²) < 4.78 is 26.8. The van der Waals surface area contributed by atoms with Crippen LogP contribution in [0.3, 0.4) is 0 Å². The van der Waals surface area contributed by atoms with Crippen molar-refractivity contribution in [3.05, 3.63) is 53.3 Å². The molecule has 10 nitrogen and oxygen atoms in total. The van der Waals surface area contributed by atoms with E-state index in [-0.39, 0.29) is 30.6 Å². The number of hydrogen-bond donors (Lipinski definition) is 1. The molecule has 0 aromatic heterocycles. The molecule has 6 rings (SSSR count). The molecule has 1 spiro atoms. The Labute approximate surface area is 281 Å². The Hall–Kier alpha value is -4.17. The van der Waals surface area contributed by atoms with Crippen molar-refractivity contribution in [2.75, 3.05) is 18.6 Å². The molecule has 48 heavy (non-hydrogen) atoms. The highest BCUT2D eigenvalue weighted by Crippen LogP contribution is 2.47. The number of rotatable bonds is 6. The molecule has 3 heterocycles. The van der Waals surface area contributed by atoms with Crippen LogP contribution in [-0.2, 0) is 31.1 Å². The number of nitrogens with one attached hydrogen (secondary N) is 1. The molecule has 1 unspecified atom stereocenters. The van der Waals surface area contributed by atoms with Crippen molar-refractivity contribution in [1.82, 2.24) is 9.80 Å². The number of ether oxygens (including phenoxy) is 2. The summed E-state index contributed by atoms with van der Waals surface area (Å²) in [6.45, 7) is 11.7. The number of Topliss-reactive ketones (excluding diaryl/α,β-unsaturated/α-hetero) is 1. The van der Waals surface area contributed by atoms with Crippen LogP contribution in [0.25, 0.3) is 11.1 Å². The van der Waals surface area contributed by atoms with E-state index in [0.717, 1.165) is 36.1 Å². The third kappa shape index (κ3) is 6.73. The second-order valence-corrected chi connectivity index (χ2v) is 15.7. The maximum absolute atomic E-state index is 15.6. The molecule has 2 bridgehead atoms. The monoisotopic (exact) mass is 660 g/mol. The first kappa shape index (κ1) is 33.7. The number of carbonyl (C=O) groups is 3. The Morgan fingerprint density at radius 3 is 2.42 bits per heavy atom. The number of halogens is 1. The van der Waals surface area contributed by atoms with Crippen LogP contribution >= 0.6 is 0 Å². The van der Waals surface area contributed by atoms with E-state index in [1.165, 1.54) is 6.07 Å². The van der Waals surface area contributed by atoms with Crippen molar-refractivity contribution >= 4 is 23.7 Å². The first-order valence-electron chi connectivity index (χ1n) is 16.8. The average Bonchev–Trinajstić information content (AvgIpc) is 3.80. The van der Waals surface area contributed by atoms with E-state index in [9.17, 15) is 19.6 Å². The Kier molecular flexibility index (Phi) is 8.69. The zero-order chi connectivity index (χ0) is 34.6. The molecule has 2 aromatic rings. The van der Waals surface area contributed by atoms with Gasteiger partial charge in [-0.3, -0.25) is 20.0 Å². The molecule has 1 saturated carbocycles. The zero-order valence-electron chi connectivity index (χ0n) is 28.6. The predicted octanol–water partition coefficient (Wildman–Crippen LogP) is 7.12. The van der Waals surface area contributed by atoms with E-state index < -0.39 is 46.8 Å². The number of nitrogens with zero attached hydrogens (tertiary/aromatic N) is 3. The van der Waals surface area contributed by atoms with Crippen molar-refractivity contribution in [2.45, 2.75) is 109 Å². The fraction of sp³-hybridized carbons (Fsp3) is 0.568. The van der Waals surface area contributed by atoms with Gasteiger partial charge in [-0.15, -0.1) is 0 Å². The molecule has 3 aliphatic heterocycles. The van der Waals surface area contributed by atoms with Crippen LogP contribution in [0.15, 0.2) is 36.4 Å². The molecule has 2 aromatic carbocycles. The van der Waals surface area contributed by atoms with Gasteiger partial charge in [-0.2, -0.15) is 5.26 Å². The van der Waals surface area contributed by atoms with Crippen molar-refractivity contribution in [3.63, 3.8) is 0 Å². The highest BCUT2D eigenvalue weighted by atomic mass is 19.1. The third-order valence-electron chi connectivity index (χ3n) is 9.75. The third-order valence-corrected chi connectivity index (χ3v) is 9.75. The van der Waals surface area contributed by atoms with Crippen LogP contribution in [-0.4, -0.2) is 64.1 Å². The second kappa shape index (κ2) is 12.4. The molecule has 2 saturated heterocycles. The molecule has 1 aliphatic carbocycles. The van der Waals surface area contributed by atoms with Crippen molar-refractivity contribution in [3.8, 4) is 17.2 Å². The molecule has 3 fully saturated rings. The first-order valence-corrected chi connectivity index (χ1v) is 16.8. The van der Waals surface area contributed by atoms with Gasteiger partial charge in [0.1, 0.15) is 22.6 Å². The summed E-state index contributed by atoms with van der Waals surface area (Å²) in [5.74, 6) is -1.31. The largest absolute Gasteiger partial charge is 0.444 e. The van der Waals surface area contributed by atoms with Gasteiger partial charge in [0.05, 0.1) is 30.3 Å². The van der Waals surface area contributed by atoms with Crippen molar-refractivity contribution < 1.29 is 33.1 Å². The standard InChI is InChI=1S/C37H45FN4O6/c1-35(2,3)46-33(44)41-14-13-37(21-41)28-18-23(10-12-30(28)40-48-37)24-7-8-25(29(38)19-24)15-22(20-39)16-31(43)32-26-9-11-27(17-26)42(32)34(45)47-36(4,5)6/h7-8,10,12,18-19,22,26-27,32,40H,9,11,13-17,21H2,1-6H3/t22-,26+,27-,32+,37?/m1/s1. The van der Waals surface area contributed by atoms with Gasteiger partial charge in [-0.25, -0.2) is 14.0 Å². The highest BCUT2D eigenvalue weighted by molar-refractivity contribution is 5.89. The number of benzene rings is 2. The van der Waals surface area contributed by atoms with Crippen LogP contribution in [0.4, 0.5) is 19.7 Å². The van der Waals surface area contributed by atoms with Crippen molar-refractivity contribution in [1.29, 1.82) is 5.26 Å². The summed E-state index contributed by atoms with van der Waals surface area (Å²) in [7, 11) is 0. The van der Waals surface area contributed by atoms with Gasteiger partial charge >= 0.3 is 12.2 Å². The number of piperidine rings is 1. The number of fused-ring (bicyclic) bond motifs is 4. The van der Waals surface area contributed by atoms with E-state index in [1.807, 2.05) is 45.0 Å². The van der Waals surface area contributed by atoms with Gasteiger partial charge in [0.2, 0.25) is 0 Å². The Bertz CT molecular complexity index is 1660. The lowest BCUT2D eigenvalue weighted by molar-refractivity contribution is -0.126. The van der Waals surface area contributed by atoms with E-state index in [1.54, 1.807) is 36.6 Å². The molecule has 0 radical (unpaired) electrons. The SMILES string of the molecule is CC(C)(C)OC(=O)N1CCC2(C1)ONc1ccc(-c3ccc(C[C@@H](C#N)CC(=O)[C@@H]4[C@H]5CC[C@H](C5)N4C(=O)OC(C)(C)C)c(F)c3)cc12. The summed E-state index contributed by atoms with van der Waals surface area (Å²) in [6.07, 6.45) is 2.17. The number of carbonyl (C=O) groups excluding carboxylic acids is 3. The van der Waals surface area contributed by atoms with Gasteiger partial charge < -0.3 is 14.4 Å². The maximum Gasteiger partial charge on any atom is 0.411 e. The fourth-order valence-corrected chi connectivity index (χ4v) is 7.63. The van der Waals surface area contributed by atoms with E-state index in [0.29, 0.717) is 30.6 Å². The molecular weight excluding hydrogens is 615 g/mol. The van der Waals surface area contributed by atoms with Gasteiger partial charge in [0, 0.05) is 31.0 Å². The summed E-state index contributed by atoms with van der Waals surface area (Å²) in [6, 6.07) is 12.2. The average molecular weight is 661 g/mol. The highest BCUT2D eigenvalue weighted by Gasteiger charge is 2.52. The summed E-state index contributed by atoms with van der Waals surface area (Å²) in [5.41, 5.74) is 4.43. The summed E-state index contributed by atoms with van der Waals surface area (Å²) in [4.78, 5) is 48.6. The van der Waals surface area contributed by atoms with Gasteiger partial charge in [0.15, 0.2) is 5.78 Å². The number of amides is 2. The van der Waals surface area contributed by atoms with Crippen LogP contribution in [0.1, 0.15) is 84.8 Å². The minimum Gasteiger partial charge on any atom is -0.444 e. The molecule has 11 heteroatoms.